The SMILES string of the molecule is Cc1cc([N+](=O)[O-])cc(C=Nc2ccc(N3C(=O)c4ccccc4C3=O)cc2Cl)c1O. The van der Waals surface area contributed by atoms with Crippen molar-refractivity contribution in [3.8, 4) is 5.75 Å². The molecule has 0 aromatic heterocycles. The van der Waals surface area contributed by atoms with Crippen LogP contribution in [0.2, 0.25) is 5.02 Å². The van der Waals surface area contributed by atoms with E-state index in [0.717, 1.165) is 4.90 Å². The van der Waals surface area contributed by atoms with Crippen molar-refractivity contribution in [3.05, 3.63) is 92.0 Å². The zero-order chi connectivity index (χ0) is 22.3. The number of benzene rings is 3. The highest BCUT2D eigenvalue weighted by atomic mass is 35.5. The van der Waals surface area contributed by atoms with E-state index in [1.54, 1.807) is 31.2 Å². The highest BCUT2D eigenvalue weighted by Crippen LogP contribution is 2.34. The molecule has 0 aliphatic carbocycles. The van der Waals surface area contributed by atoms with Gasteiger partial charge in [-0.15, -0.1) is 0 Å². The van der Waals surface area contributed by atoms with Crippen molar-refractivity contribution in [3.63, 3.8) is 0 Å². The van der Waals surface area contributed by atoms with Crippen molar-refractivity contribution in [2.75, 3.05) is 4.90 Å². The maximum Gasteiger partial charge on any atom is 0.270 e. The van der Waals surface area contributed by atoms with E-state index in [0.29, 0.717) is 28.1 Å². The molecular weight excluding hydrogens is 422 g/mol. The number of nitrogens with zero attached hydrogens (tertiary/aromatic N) is 3. The number of rotatable bonds is 4. The number of hydrogen-bond donors (Lipinski definition) is 1. The van der Waals surface area contributed by atoms with E-state index in [4.69, 9.17) is 11.6 Å². The molecule has 3 aromatic rings. The maximum atomic E-state index is 12.6. The van der Waals surface area contributed by atoms with Crippen LogP contribution in [0.4, 0.5) is 17.1 Å². The van der Waals surface area contributed by atoms with Crippen LogP contribution in [0, 0.1) is 17.0 Å². The van der Waals surface area contributed by atoms with Crippen LogP contribution in [0.5, 0.6) is 5.75 Å². The van der Waals surface area contributed by atoms with Crippen molar-refractivity contribution in [1.82, 2.24) is 0 Å². The molecule has 1 heterocycles. The quantitative estimate of drug-likeness (QED) is 0.273. The lowest BCUT2D eigenvalue weighted by atomic mass is 10.1. The summed E-state index contributed by atoms with van der Waals surface area (Å²) in [7, 11) is 0. The zero-order valence-corrected chi connectivity index (χ0v) is 16.8. The molecule has 3 aromatic carbocycles. The minimum absolute atomic E-state index is 0.131. The van der Waals surface area contributed by atoms with Gasteiger partial charge in [0.05, 0.1) is 32.4 Å². The number of aromatic hydroxyl groups is 1. The van der Waals surface area contributed by atoms with E-state index >= 15 is 0 Å². The summed E-state index contributed by atoms with van der Waals surface area (Å²) >= 11 is 6.30. The molecule has 0 unspecified atom stereocenters. The molecule has 0 saturated heterocycles. The summed E-state index contributed by atoms with van der Waals surface area (Å²) in [5.74, 6) is -1.01. The van der Waals surface area contributed by atoms with Crippen LogP contribution in [0.3, 0.4) is 0 Å². The average molecular weight is 436 g/mol. The Balaban J connectivity index is 1.65. The predicted molar refractivity (Wildman–Crippen MR) is 116 cm³/mol. The molecular formula is C22H14ClN3O5. The minimum Gasteiger partial charge on any atom is -0.507 e. The van der Waals surface area contributed by atoms with Gasteiger partial charge in [-0.2, -0.15) is 0 Å². The third-order valence-corrected chi connectivity index (χ3v) is 5.15. The van der Waals surface area contributed by atoms with Gasteiger partial charge in [-0.05, 0) is 42.8 Å². The number of phenols is 1. The molecule has 2 amide bonds. The number of nitro groups is 1. The molecule has 1 aliphatic rings. The van der Waals surface area contributed by atoms with E-state index in [9.17, 15) is 24.8 Å². The number of halogens is 1. The lowest BCUT2D eigenvalue weighted by Gasteiger charge is -2.14. The second-order valence-electron chi connectivity index (χ2n) is 6.84. The molecule has 31 heavy (non-hydrogen) atoms. The van der Waals surface area contributed by atoms with Gasteiger partial charge < -0.3 is 5.11 Å². The lowest BCUT2D eigenvalue weighted by molar-refractivity contribution is -0.384. The molecule has 0 fully saturated rings. The zero-order valence-electron chi connectivity index (χ0n) is 16.1. The van der Waals surface area contributed by atoms with Crippen LogP contribution < -0.4 is 4.90 Å². The van der Waals surface area contributed by atoms with Gasteiger partial charge in [0.2, 0.25) is 0 Å². The molecule has 0 atom stereocenters. The second kappa shape index (κ2) is 7.66. The van der Waals surface area contributed by atoms with Crippen LogP contribution in [0.15, 0.2) is 59.6 Å². The summed E-state index contributed by atoms with van der Waals surface area (Å²) in [6, 6.07) is 13.5. The van der Waals surface area contributed by atoms with Gasteiger partial charge in [0, 0.05) is 23.9 Å². The molecule has 0 spiro atoms. The van der Waals surface area contributed by atoms with E-state index in [1.807, 2.05) is 0 Å². The van der Waals surface area contributed by atoms with Crippen molar-refractivity contribution in [1.29, 1.82) is 0 Å². The predicted octanol–water partition coefficient (Wildman–Crippen LogP) is 4.81. The van der Waals surface area contributed by atoms with E-state index in [-0.39, 0.29) is 22.0 Å². The lowest BCUT2D eigenvalue weighted by Crippen LogP contribution is -2.29. The molecule has 0 radical (unpaired) electrons. The molecule has 1 aliphatic heterocycles. The summed E-state index contributed by atoms with van der Waals surface area (Å²) < 4.78 is 0. The molecule has 0 saturated carbocycles. The van der Waals surface area contributed by atoms with Gasteiger partial charge in [-0.3, -0.25) is 24.7 Å². The molecule has 9 heteroatoms. The Kier molecular flexibility index (Phi) is 5.00. The first kappa shape index (κ1) is 20.2. The van der Waals surface area contributed by atoms with Gasteiger partial charge in [0.15, 0.2) is 0 Å². The number of carbonyl (C=O) groups is 2. The first-order valence-corrected chi connectivity index (χ1v) is 9.45. The number of anilines is 1. The largest absolute Gasteiger partial charge is 0.507 e. The van der Waals surface area contributed by atoms with Crippen LogP contribution in [-0.2, 0) is 0 Å². The van der Waals surface area contributed by atoms with Gasteiger partial charge in [0.25, 0.3) is 17.5 Å². The topological polar surface area (TPSA) is 113 Å². The van der Waals surface area contributed by atoms with E-state index < -0.39 is 16.7 Å². The highest BCUT2D eigenvalue weighted by Gasteiger charge is 2.36. The first-order chi connectivity index (χ1) is 14.8. The van der Waals surface area contributed by atoms with Crippen LogP contribution in [0.1, 0.15) is 31.8 Å². The fourth-order valence-electron chi connectivity index (χ4n) is 3.29. The number of aliphatic imine (C=N–C) groups is 1. The minimum atomic E-state index is -0.562. The van der Waals surface area contributed by atoms with Crippen molar-refractivity contribution >= 4 is 46.7 Å². The molecule has 1 N–H and O–H groups in total. The number of aryl methyl sites for hydroxylation is 1. The third kappa shape index (κ3) is 3.53. The molecule has 4 rings (SSSR count). The fourth-order valence-corrected chi connectivity index (χ4v) is 3.52. The average Bonchev–Trinajstić information content (AvgIpc) is 3.00. The van der Waals surface area contributed by atoms with E-state index in [1.165, 1.54) is 36.5 Å². The summed E-state index contributed by atoms with van der Waals surface area (Å²) in [6.45, 7) is 1.55. The maximum absolute atomic E-state index is 12.6. The van der Waals surface area contributed by atoms with Gasteiger partial charge in [-0.25, -0.2) is 4.90 Å². The number of phenolic OH excluding ortho intramolecular Hbond substituents is 1. The Morgan fingerprint density at radius 1 is 1.06 bits per heavy atom. The Morgan fingerprint density at radius 2 is 1.71 bits per heavy atom. The number of hydrogen-bond acceptors (Lipinski definition) is 6. The van der Waals surface area contributed by atoms with Gasteiger partial charge in [-0.1, -0.05) is 23.7 Å². The van der Waals surface area contributed by atoms with E-state index in [2.05, 4.69) is 4.99 Å². The number of nitro benzene ring substituents is 1. The van der Waals surface area contributed by atoms with Crippen LogP contribution >= 0.6 is 11.6 Å². The fraction of sp³-hybridized carbons (Fsp3) is 0.0455. The Labute approximate surface area is 181 Å². The molecule has 154 valence electrons. The summed E-state index contributed by atoms with van der Waals surface area (Å²) in [6.07, 6.45) is 1.26. The molecule has 8 nitrogen and oxygen atoms in total. The smallest absolute Gasteiger partial charge is 0.270 e. The van der Waals surface area contributed by atoms with Crippen LogP contribution in [0.25, 0.3) is 0 Å². The van der Waals surface area contributed by atoms with Gasteiger partial charge in [0.1, 0.15) is 5.75 Å². The normalized spacial score (nSPS) is 13.2. The Bertz CT molecular complexity index is 1270. The standard InChI is InChI=1S/C22H14ClN3O5/c1-12-8-15(26(30)31)9-13(20(12)27)11-24-19-7-6-14(10-18(19)23)25-21(28)16-4-2-3-5-17(16)22(25)29/h2-11,27H,1H3. The van der Waals surface area contributed by atoms with Crippen molar-refractivity contribution < 1.29 is 19.6 Å². The monoisotopic (exact) mass is 435 g/mol. The second-order valence-corrected chi connectivity index (χ2v) is 7.25. The Hall–Kier alpha value is -4.04. The number of amides is 2. The van der Waals surface area contributed by atoms with Gasteiger partial charge >= 0.3 is 0 Å². The highest BCUT2D eigenvalue weighted by molar-refractivity contribution is 6.36. The van der Waals surface area contributed by atoms with Crippen molar-refractivity contribution in [2.24, 2.45) is 4.99 Å². The number of non-ortho nitro benzene ring substituents is 1. The summed E-state index contributed by atoms with van der Waals surface area (Å²) in [5, 5.41) is 21.4. The summed E-state index contributed by atoms with van der Waals surface area (Å²) in [5.41, 5.74) is 1.55. The third-order valence-electron chi connectivity index (χ3n) is 4.85. The number of fused-ring (bicyclic) bond motifs is 1. The Morgan fingerprint density at radius 3 is 2.29 bits per heavy atom. The summed E-state index contributed by atoms with van der Waals surface area (Å²) in [4.78, 5) is 41.0. The van der Waals surface area contributed by atoms with Crippen molar-refractivity contribution in [2.45, 2.75) is 6.92 Å². The number of imide groups is 1. The number of carbonyl (C=O) groups excluding carboxylic acids is 2. The molecule has 0 bridgehead atoms. The first-order valence-electron chi connectivity index (χ1n) is 9.07. The van der Waals surface area contributed by atoms with Crippen LogP contribution in [-0.4, -0.2) is 28.1 Å².